The predicted octanol–water partition coefficient (Wildman–Crippen LogP) is 3.30. The van der Waals surface area contributed by atoms with Gasteiger partial charge in [-0.3, -0.25) is 10.1 Å². The van der Waals surface area contributed by atoms with E-state index in [4.69, 9.17) is 4.52 Å². The van der Waals surface area contributed by atoms with E-state index in [1.807, 2.05) is 43.3 Å². The van der Waals surface area contributed by atoms with Gasteiger partial charge in [0.15, 0.2) is 0 Å². The van der Waals surface area contributed by atoms with Gasteiger partial charge in [-0.05, 0) is 19.8 Å². The molecule has 4 rings (SSSR count). The molecule has 1 N–H and O–H groups in total. The van der Waals surface area contributed by atoms with Crippen LogP contribution in [0.15, 0.2) is 53.3 Å². The van der Waals surface area contributed by atoms with Crippen molar-refractivity contribution in [3.63, 3.8) is 0 Å². The topological polar surface area (TPSA) is 84.2 Å². The first-order valence-electron chi connectivity index (χ1n) is 9.05. The molecule has 1 unspecified atom stereocenters. The number of hydrogen-bond donors (Lipinski definition) is 1. The average molecular weight is 363 g/mol. The lowest BCUT2D eigenvalue weighted by molar-refractivity contribution is -0.120. The van der Waals surface area contributed by atoms with E-state index in [1.165, 1.54) is 0 Å². The fourth-order valence-electron chi connectivity index (χ4n) is 3.33. The number of nitrogens with one attached hydrogen (secondary N) is 1. The lowest BCUT2D eigenvalue weighted by Crippen LogP contribution is -2.41. The van der Waals surface area contributed by atoms with Crippen LogP contribution in [0.1, 0.15) is 18.5 Å². The van der Waals surface area contributed by atoms with E-state index in [1.54, 1.807) is 12.4 Å². The third-order valence-electron chi connectivity index (χ3n) is 4.71. The number of amides is 1. The maximum absolute atomic E-state index is 12.6. The van der Waals surface area contributed by atoms with Crippen LogP contribution in [-0.2, 0) is 4.79 Å². The molecule has 7 nitrogen and oxygen atoms in total. The lowest BCUT2D eigenvalue weighted by Gasteiger charge is -2.32. The highest BCUT2D eigenvalue weighted by Crippen LogP contribution is 2.25. The molecule has 0 aliphatic carbocycles. The number of aryl methyl sites for hydroxylation is 1. The summed E-state index contributed by atoms with van der Waals surface area (Å²) in [7, 11) is 0. The maximum Gasteiger partial charge on any atom is 0.231 e. The summed E-state index contributed by atoms with van der Waals surface area (Å²) in [5.74, 6) is 1.06. The molecule has 2 aromatic heterocycles. The van der Waals surface area contributed by atoms with Crippen LogP contribution in [0, 0.1) is 12.8 Å². The number of hydrogen-bond acceptors (Lipinski definition) is 6. The van der Waals surface area contributed by atoms with Crippen molar-refractivity contribution >= 4 is 17.6 Å². The molecule has 1 fully saturated rings. The van der Waals surface area contributed by atoms with E-state index in [0.717, 1.165) is 42.2 Å². The zero-order chi connectivity index (χ0) is 18.6. The summed E-state index contributed by atoms with van der Waals surface area (Å²) < 4.78 is 5.09. The van der Waals surface area contributed by atoms with Crippen molar-refractivity contribution in [1.29, 1.82) is 0 Å². The molecule has 1 aliphatic rings. The summed E-state index contributed by atoms with van der Waals surface area (Å²) >= 11 is 0. The third kappa shape index (κ3) is 3.97. The van der Waals surface area contributed by atoms with Gasteiger partial charge in [0.2, 0.25) is 11.8 Å². The number of rotatable bonds is 4. The normalized spacial score (nSPS) is 16.9. The predicted molar refractivity (Wildman–Crippen MR) is 102 cm³/mol. The van der Waals surface area contributed by atoms with Crippen LogP contribution in [-0.4, -0.2) is 34.1 Å². The fourth-order valence-corrected chi connectivity index (χ4v) is 3.33. The Morgan fingerprint density at radius 2 is 2.07 bits per heavy atom. The number of benzene rings is 1. The first-order valence-corrected chi connectivity index (χ1v) is 9.05. The SMILES string of the molecule is Cc1cc(NC(=O)C2CCCN(c3cc(-c4ccccc4)ncn3)C2)on1. The Morgan fingerprint density at radius 3 is 2.85 bits per heavy atom. The van der Waals surface area contributed by atoms with Crippen molar-refractivity contribution in [2.24, 2.45) is 5.92 Å². The second kappa shape index (κ2) is 7.57. The zero-order valence-corrected chi connectivity index (χ0v) is 15.1. The summed E-state index contributed by atoms with van der Waals surface area (Å²) in [6.07, 6.45) is 3.35. The molecular formula is C20H21N5O2. The molecule has 3 heterocycles. The van der Waals surface area contributed by atoms with Gasteiger partial charge in [0.05, 0.1) is 17.3 Å². The van der Waals surface area contributed by atoms with Gasteiger partial charge in [-0.1, -0.05) is 35.5 Å². The monoisotopic (exact) mass is 363 g/mol. The number of nitrogens with zero attached hydrogens (tertiary/aromatic N) is 4. The van der Waals surface area contributed by atoms with Crippen LogP contribution >= 0.6 is 0 Å². The van der Waals surface area contributed by atoms with Gasteiger partial charge < -0.3 is 9.42 Å². The molecule has 1 atom stereocenters. The first-order chi connectivity index (χ1) is 13.2. The van der Waals surface area contributed by atoms with Crippen LogP contribution in [0.4, 0.5) is 11.7 Å². The summed E-state index contributed by atoms with van der Waals surface area (Å²) in [4.78, 5) is 23.5. The first kappa shape index (κ1) is 17.2. The highest BCUT2D eigenvalue weighted by Gasteiger charge is 2.27. The van der Waals surface area contributed by atoms with Crippen LogP contribution in [0.2, 0.25) is 0 Å². The second-order valence-electron chi connectivity index (χ2n) is 6.73. The molecule has 0 spiro atoms. The Kier molecular flexibility index (Phi) is 4.82. The van der Waals surface area contributed by atoms with Crippen molar-refractivity contribution < 1.29 is 9.32 Å². The molecule has 1 amide bonds. The minimum absolute atomic E-state index is 0.0480. The van der Waals surface area contributed by atoms with E-state index in [9.17, 15) is 4.79 Å². The van der Waals surface area contributed by atoms with Crippen molar-refractivity contribution in [2.75, 3.05) is 23.3 Å². The van der Waals surface area contributed by atoms with E-state index in [0.29, 0.717) is 12.4 Å². The van der Waals surface area contributed by atoms with Crippen molar-refractivity contribution in [2.45, 2.75) is 19.8 Å². The molecule has 0 saturated carbocycles. The zero-order valence-electron chi connectivity index (χ0n) is 15.1. The molecule has 1 aromatic carbocycles. The molecule has 138 valence electrons. The quantitative estimate of drug-likeness (QED) is 0.766. The molecule has 27 heavy (non-hydrogen) atoms. The second-order valence-corrected chi connectivity index (χ2v) is 6.73. The van der Waals surface area contributed by atoms with Gasteiger partial charge >= 0.3 is 0 Å². The van der Waals surface area contributed by atoms with Gasteiger partial charge in [-0.2, -0.15) is 0 Å². The highest BCUT2D eigenvalue weighted by atomic mass is 16.5. The largest absolute Gasteiger partial charge is 0.356 e. The molecule has 0 bridgehead atoms. The minimum Gasteiger partial charge on any atom is -0.356 e. The Balaban J connectivity index is 1.47. The standard InChI is InChI=1S/C20H21N5O2/c1-14-10-19(27-24-14)23-20(26)16-8-5-9-25(12-16)18-11-17(21-13-22-18)15-6-3-2-4-7-15/h2-4,6-7,10-11,13,16H,5,8-9,12H2,1H3,(H,23,26). The van der Waals surface area contributed by atoms with Gasteiger partial charge in [0, 0.05) is 30.8 Å². The number of piperidine rings is 1. The van der Waals surface area contributed by atoms with Crippen LogP contribution in [0.3, 0.4) is 0 Å². The number of aromatic nitrogens is 3. The molecule has 7 heteroatoms. The van der Waals surface area contributed by atoms with E-state index < -0.39 is 0 Å². The smallest absolute Gasteiger partial charge is 0.231 e. The minimum atomic E-state index is -0.126. The number of carbonyl (C=O) groups is 1. The average Bonchev–Trinajstić information content (AvgIpc) is 3.13. The fraction of sp³-hybridized carbons (Fsp3) is 0.300. The van der Waals surface area contributed by atoms with Crippen LogP contribution in [0.25, 0.3) is 11.3 Å². The molecular weight excluding hydrogens is 342 g/mol. The summed E-state index contributed by atoms with van der Waals surface area (Å²) in [6, 6.07) is 13.7. The third-order valence-corrected chi connectivity index (χ3v) is 4.71. The molecule has 0 radical (unpaired) electrons. The Bertz CT molecular complexity index is 925. The lowest BCUT2D eigenvalue weighted by atomic mass is 9.97. The molecule has 3 aromatic rings. The maximum atomic E-state index is 12.6. The summed E-state index contributed by atoms with van der Waals surface area (Å²) in [5.41, 5.74) is 2.67. The molecule has 1 saturated heterocycles. The van der Waals surface area contributed by atoms with Gasteiger partial charge in [-0.25, -0.2) is 9.97 Å². The number of carbonyl (C=O) groups excluding carboxylic acids is 1. The van der Waals surface area contributed by atoms with Crippen molar-refractivity contribution in [1.82, 2.24) is 15.1 Å². The van der Waals surface area contributed by atoms with Crippen molar-refractivity contribution in [3.05, 3.63) is 54.5 Å². The van der Waals surface area contributed by atoms with Gasteiger partial charge in [0.1, 0.15) is 12.1 Å². The van der Waals surface area contributed by atoms with Crippen molar-refractivity contribution in [3.8, 4) is 11.3 Å². The summed E-state index contributed by atoms with van der Waals surface area (Å²) in [5, 5.41) is 6.61. The summed E-state index contributed by atoms with van der Waals surface area (Å²) in [6.45, 7) is 3.31. The Labute approximate surface area is 157 Å². The number of anilines is 2. The molecule has 1 aliphatic heterocycles. The van der Waals surface area contributed by atoms with Crippen LogP contribution < -0.4 is 10.2 Å². The van der Waals surface area contributed by atoms with E-state index in [-0.39, 0.29) is 11.8 Å². The van der Waals surface area contributed by atoms with Gasteiger partial charge in [-0.15, -0.1) is 0 Å². The Hall–Kier alpha value is -3.22. The highest BCUT2D eigenvalue weighted by molar-refractivity contribution is 5.91. The Morgan fingerprint density at radius 1 is 1.22 bits per heavy atom. The van der Waals surface area contributed by atoms with Gasteiger partial charge in [0.25, 0.3) is 0 Å². The van der Waals surface area contributed by atoms with Crippen LogP contribution in [0.5, 0.6) is 0 Å². The van der Waals surface area contributed by atoms with E-state index in [2.05, 4.69) is 25.3 Å². The van der Waals surface area contributed by atoms with E-state index >= 15 is 0 Å².